The van der Waals surface area contributed by atoms with Crippen molar-refractivity contribution < 1.29 is 14.6 Å². The van der Waals surface area contributed by atoms with Crippen molar-refractivity contribution in [1.29, 1.82) is 0 Å². The van der Waals surface area contributed by atoms with E-state index in [1.807, 2.05) is 27.7 Å². The largest absolute Gasteiger partial charge is 0.443 e. The number of ether oxygens (including phenoxy) is 1. The summed E-state index contributed by atoms with van der Waals surface area (Å²) in [5, 5.41) is 9.05. The van der Waals surface area contributed by atoms with Crippen LogP contribution in [0.2, 0.25) is 0 Å². The zero-order valence-electron chi connectivity index (χ0n) is 14.1. The molecule has 0 aliphatic carbocycles. The van der Waals surface area contributed by atoms with E-state index in [4.69, 9.17) is 9.84 Å². The maximum Gasteiger partial charge on any atom is 0.414 e. The highest BCUT2D eigenvalue weighted by Crippen LogP contribution is 2.33. The van der Waals surface area contributed by atoms with Gasteiger partial charge in [0.05, 0.1) is 5.69 Å². The van der Waals surface area contributed by atoms with Crippen molar-refractivity contribution >= 4 is 11.8 Å². The van der Waals surface area contributed by atoms with E-state index in [1.54, 1.807) is 4.90 Å². The van der Waals surface area contributed by atoms with Crippen LogP contribution in [0.5, 0.6) is 0 Å². The van der Waals surface area contributed by atoms with Crippen molar-refractivity contribution in [3.05, 3.63) is 29.3 Å². The molecule has 22 heavy (non-hydrogen) atoms. The average Bonchev–Trinajstić information content (AvgIpc) is 2.42. The van der Waals surface area contributed by atoms with Gasteiger partial charge in [-0.2, -0.15) is 0 Å². The molecule has 0 radical (unpaired) electrons. The fourth-order valence-corrected chi connectivity index (χ4v) is 2.89. The average molecular weight is 305 g/mol. The topological polar surface area (TPSA) is 49.8 Å². The number of anilines is 1. The third-order valence-corrected chi connectivity index (χ3v) is 3.87. The van der Waals surface area contributed by atoms with Crippen molar-refractivity contribution in [3.63, 3.8) is 0 Å². The molecule has 1 aromatic carbocycles. The van der Waals surface area contributed by atoms with E-state index in [9.17, 15) is 4.79 Å². The Balaban J connectivity index is 2.26. The lowest BCUT2D eigenvalue weighted by molar-refractivity contribution is 0.0570. The van der Waals surface area contributed by atoms with Gasteiger partial charge in [-0.05, 0) is 70.1 Å². The van der Waals surface area contributed by atoms with Crippen LogP contribution in [-0.4, -0.2) is 30.0 Å². The smallest absolute Gasteiger partial charge is 0.414 e. The molecule has 1 aliphatic heterocycles. The van der Waals surface area contributed by atoms with Crippen molar-refractivity contribution in [3.8, 4) is 0 Å². The molecule has 122 valence electrons. The second-order valence-corrected chi connectivity index (χ2v) is 7.16. The second-order valence-electron chi connectivity index (χ2n) is 7.16. The van der Waals surface area contributed by atoms with Crippen molar-refractivity contribution in [2.75, 3.05) is 18.1 Å². The first-order valence-corrected chi connectivity index (χ1v) is 8.01. The van der Waals surface area contributed by atoms with E-state index in [1.165, 1.54) is 5.56 Å². The maximum absolute atomic E-state index is 12.6. The summed E-state index contributed by atoms with van der Waals surface area (Å²) in [6, 6.07) is 6.25. The van der Waals surface area contributed by atoms with Crippen molar-refractivity contribution in [1.82, 2.24) is 0 Å². The molecule has 1 N–H and O–H groups in total. The third kappa shape index (κ3) is 4.23. The molecule has 0 saturated carbocycles. The van der Waals surface area contributed by atoms with Crippen LogP contribution in [0.25, 0.3) is 0 Å². The number of aliphatic hydroxyl groups excluding tert-OH is 1. The Morgan fingerprint density at radius 3 is 2.77 bits per heavy atom. The predicted molar refractivity (Wildman–Crippen MR) is 88.3 cm³/mol. The normalized spacial score (nSPS) is 18.0. The van der Waals surface area contributed by atoms with Gasteiger partial charge in [0.2, 0.25) is 0 Å². The molecule has 1 aliphatic rings. The summed E-state index contributed by atoms with van der Waals surface area (Å²) in [6.07, 6.45) is 2.36. The van der Waals surface area contributed by atoms with Gasteiger partial charge in [0.25, 0.3) is 0 Å². The third-order valence-electron chi connectivity index (χ3n) is 3.87. The Labute approximate surface area is 133 Å². The minimum absolute atomic E-state index is 0.198. The Hall–Kier alpha value is -1.55. The molecule has 0 saturated heterocycles. The molecule has 4 heteroatoms. The minimum Gasteiger partial charge on any atom is -0.443 e. The summed E-state index contributed by atoms with van der Waals surface area (Å²) in [5.41, 5.74) is 2.79. The van der Waals surface area contributed by atoms with Crippen molar-refractivity contribution in [2.45, 2.75) is 52.6 Å². The van der Waals surface area contributed by atoms with Gasteiger partial charge in [0.15, 0.2) is 0 Å². The summed E-state index contributed by atoms with van der Waals surface area (Å²) in [5.74, 6) is 0.370. The van der Waals surface area contributed by atoms with Gasteiger partial charge >= 0.3 is 6.09 Å². The van der Waals surface area contributed by atoms with Crippen LogP contribution in [0, 0.1) is 12.8 Å². The van der Waals surface area contributed by atoms with Gasteiger partial charge in [-0.3, -0.25) is 4.90 Å². The number of hydrogen-bond acceptors (Lipinski definition) is 3. The fourth-order valence-electron chi connectivity index (χ4n) is 2.89. The Kier molecular flexibility index (Phi) is 5.12. The highest BCUT2D eigenvalue weighted by Gasteiger charge is 2.31. The van der Waals surface area contributed by atoms with Crippen molar-refractivity contribution in [2.24, 2.45) is 5.92 Å². The van der Waals surface area contributed by atoms with Crippen LogP contribution in [0.4, 0.5) is 10.5 Å². The minimum atomic E-state index is -0.501. The second kappa shape index (κ2) is 6.69. The van der Waals surface area contributed by atoms with Crippen LogP contribution in [-0.2, 0) is 11.2 Å². The van der Waals surface area contributed by atoms with Gasteiger partial charge in [0.1, 0.15) is 5.60 Å². The first kappa shape index (κ1) is 16.8. The highest BCUT2D eigenvalue weighted by molar-refractivity contribution is 5.89. The number of aryl methyl sites for hydroxylation is 1. The number of nitrogens with zero attached hydrogens (tertiary/aromatic N) is 1. The summed E-state index contributed by atoms with van der Waals surface area (Å²) >= 11 is 0. The predicted octanol–water partition coefficient (Wildman–Crippen LogP) is 3.68. The summed E-state index contributed by atoms with van der Waals surface area (Å²) in [6.45, 7) is 8.54. The van der Waals surface area contributed by atoms with Gasteiger partial charge in [-0.25, -0.2) is 4.79 Å². The number of carbonyl (C=O) groups is 1. The summed E-state index contributed by atoms with van der Waals surface area (Å²) < 4.78 is 5.56. The van der Waals surface area contributed by atoms with E-state index in [0.29, 0.717) is 12.5 Å². The standard InChI is InChI=1S/C18H27NO3/c1-13-7-8-15-11-14(6-5-9-20)12-19(16(15)10-13)17(21)22-18(2,3)4/h7-8,10,14,20H,5-6,9,11-12H2,1-4H3/t14-/m0/s1. The molecular weight excluding hydrogens is 278 g/mol. The summed E-state index contributed by atoms with van der Waals surface area (Å²) in [7, 11) is 0. The first-order valence-electron chi connectivity index (χ1n) is 8.01. The van der Waals surface area contributed by atoms with Gasteiger partial charge < -0.3 is 9.84 Å². The lowest BCUT2D eigenvalue weighted by Crippen LogP contribution is -2.43. The van der Waals surface area contributed by atoms with E-state index in [2.05, 4.69) is 18.2 Å². The van der Waals surface area contributed by atoms with Gasteiger partial charge in [-0.15, -0.1) is 0 Å². The number of fused-ring (bicyclic) bond motifs is 1. The van der Waals surface area contributed by atoms with Gasteiger partial charge in [0, 0.05) is 13.2 Å². The number of aliphatic hydroxyl groups is 1. The maximum atomic E-state index is 12.6. The van der Waals surface area contributed by atoms with Crippen LogP contribution in [0.3, 0.4) is 0 Å². The molecule has 0 unspecified atom stereocenters. The van der Waals surface area contributed by atoms with Crippen LogP contribution in [0.1, 0.15) is 44.7 Å². The fraction of sp³-hybridized carbons (Fsp3) is 0.611. The Morgan fingerprint density at radius 2 is 2.14 bits per heavy atom. The zero-order chi connectivity index (χ0) is 16.3. The van der Waals surface area contributed by atoms with Crippen LogP contribution >= 0.6 is 0 Å². The number of hydrogen-bond donors (Lipinski definition) is 1. The van der Waals surface area contributed by atoms with E-state index in [-0.39, 0.29) is 12.7 Å². The van der Waals surface area contributed by atoms with E-state index < -0.39 is 5.60 Å². The lowest BCUT2D eigenvalue weighted by Gasteiger charge is -2.36. The quantitative estimate of drug-likeness (QED) is 0.926. The molecule has 1 aromatic rings. The lowest BCUT2D eigenvalue weighted by atomic mass is 9.89. The number of amides is 1. The zero-order valence-corrected chi connectivity index (χ0v) is 14.1. The van der Waals surface area contributed by atoms with Crippen LogP contribution in [0.15, 0.2) is 18.2 Å². The van der Waals surface area contributed by atoms with Gasteiger partial charge in [-0.1, -0.05) is 12.1 Å². The molecule has 1 amide bonds. The first-order chi connectivity index (χ1) is 10.3. The molecule has 0 aromatic heterocycles. The molecule has 4 nitrogen and oxygen atoms in total. The Bertz CT molecular complexity index is 534. The Morgan fingerprint density at radius 1 is 1.41 bits per heavy atom. The number of benzene rings is 1. The molecule has 0 bridgehead atoms. The molecule has 2 rings (SSSR count). The van der Waals surface area contributed by atoms with E-state index in [0.717, 1.165) is 30.5 Å². The highest BCUT2D eigenvalue weighted by atomic mass is 16.6. The summed E-state index contributed by atoms with van der Waals surface area (Å²) in [4.78, 5) is 14.3. The monoisotopic (exact) mass is 305 g/mol. The number of carbonyl (C=O) groups excluding carboxylic acids is 1. The SMILES string of the molecule is Cc1ccc2c(c1)N(C(=O)OC(C)(C)C)C[C@@H](CCCO)C2. The molecule has 0 fully saturated rings. The molecular formula is C18H27NO3. The molecule has 0 spiro atoms. The van der Waals surface area contributed by atoms with E-state index >= 15 is 0 Å². The van der Waals surface area contributed by atoms with Crippen LogP contribution < -0.4 is 4.90 Å². The molecule has 1 atom stereocenters. The number of rotatable bonds is 3. The molecule has 1 heterocycles.